The Labute approximate surface area is 112 Å². The van der Waals surface area contributed by atoms with E-state index in [-0.39, 0.29) is 18.2 Å². The summed E-state index contributed by atoms with van der Waals surface area (Å²) in [5.41, 5.74) is 1.56. The normalized spacial score (nSPS) is 10.5. The van der Waals surface area contributed by atoms with E-state index in [1.54, 1.807) is 31.9 Å². The lowest BCUT2D eigenvalue weighted by Crippen LogP contribution is -2.27. The number of carbonyl (C=O) groups excluding carboxylic acids is 1. The van der Waals surface area contributed by atoms with Crippen LogP contribution in [0.5, 0.6) is 0 Å². The molecule has 0 aliphatic carbocycles. The van der Waals surface area contributed by atoms with Crippen LogP contribution in [0.25, 0.3) is 0 Å². The van der Waals surface area contributed by atoms with E-state index in [4.69, 9.17) is 4.74 Å². The molecule has 0 amide bonds. The predicted molar refractivity (Wildman–Crippen MR) is 70.8 cm³/mol. The van der Waals surface area contributed by atoms with E-state index in [9.17, 15) is 14.9 Å². The zero-order chi connectivity index (χ0) is 14.4. The largest absolute Gasteiger partial charge is 0.465 e. The number of hydrogen-bond donors (Lipinski definition) is 0. The molecular weight excluding hydrogens is 248 g/mol. The van der Waals surface area contributed by atoms with E-state index in [1.165, 1.54) is 6.07 Å². The number of nitro groups is 1. The molecule has 0 bridgehead atoms. The highest BCUT2D eigenvalue weighted by molar-refractivity contribution is 5.71. The third kappa shape index (κ3) is 4.33. The molecule has 0 aliphatic heterocycles. The van der Waals surface area contributed by atoms with Crippen molar-refractivity contribution in [3.8, 4) is 0 Å². The molecule has 6 nitrogen and oxygen atoms in total. The second-order valence-corrected chi connectivity index (χ2v) is 4.30. The van der Waals surface area contributed by atoms with Crippen LogP contribution in [0.15, 0.2) is 18.2 Å². The van der Waals surface area contributed by atoms with Gasteiger partial charge >= 0.3 is 5.97 Å². The number of carbonyl (C=O) groups is 1. The Morgan fingerprint density at radius 3 is 2.74 bits per heavy atom. The van der Waals surface area contributed by atoms with Crippen LogP contribution < -0.4 is 0 Å². The van der Waals surface area contributed by atoms with Crippen LogP contribution in [-0.2, 0) is 16.1 Å². The van der Waals surface area contributed by atoms with Crippen LogP contribution >= 0.6 is 0 Å². The molecule has 0 saturated heterocycles. The van der Waals surface area contributed by atoms with Gasteiger partial charge in [0.15, 0.2) is 0 Å². The third-order valence-corrected chi connectivity index (χ3v) is 2.76. The quantitative estimate of drug-likeness (QED) is 0.446. The minimum absolute atomic E-state index is 0.0991. The lowest BCUT2D eigenvalue weighted by molar-refractivity contribution is -0.385. The number of ether oxygens (including phenoxy) is 1. The van der Waals surface area contributed by atoms with Crippen LogP contribution in [-0.4, -0.2) is 36.0 Å². The maximum absolute atomic E-state index is 11.3. The van der Waals surface area contributed by atoms with Gasteiger partial charge in [0.2, 0.25) is 0 Å². The smallest absolute Gasteiger partial charge is 0.320 e. The summed E-state index contributed by atoms with van der Waals surface area (Å²) in [7, 11) is 1.77. The summed E-state index contributed by atoms with van der Waals surface area (Å²) in [5.74, 6) is -0.298. The van der Waals surface area contributed by atoms with Crippen molar-refractivity contribution in [2.75, 3.05) is 20.2 Å². The maximum atomic E-state index is 11.3. The van der Waals surface area contributed by atoms with E-state index in [0.29, 0.717) is 18.7 Å². The zero-order valence-corrected chi connectivity index (χ0v) is 11.4. The van der Waals surface area contributed by atoms with Crippen LogP contribution in [0.4, 0.5) is 5.69 Å². The molecule has 104 valence electrons. The number of likely N-dealkylation sites (N-methyl/N-ethyl adjacent to an activating group) is 1. The van der Waals surface area contributed by atoms with Gasteiger partial charge in [0.1, 0.15) is 0 Å². The Morgan fingerprint density at radius 1 is 1.47 bits per heavy atom. The Morgan fingerprint density at radius 2 is 2.16 bits per heavy atom. The molecular formula is C13H18N2O4. The summed E-state index contributed by atoms with van der Waals surface area (Å²) < 4.78 is 4.85. The molecule has 0 aliphatic rings. The van der Waals surface area contributed by atoms with Crippen molar-refractivity contribution in [3.05, 3.63) is 39.4 Å². The Bertz CT molecular complexity index is 474. The summed E-state index contributed by atoms with van der Waals surface area (Å²) in [6.07, 6.45) is 0. The molecule has 0 unspecified atom stereocenters. The maximum Gasteiger partial charge on any atom is 0.320 e. The first-order chi connectivity index (χ1) is 8.95. The number of hydrogen-bond acceptors (Lipinski definition) is 5. The summed E-state index contributed by atoms with van der Waals surface area (Å²) in [6.45, 7) is 4.44. The highest BCUT2D eigenvalue weighted by atomic mass is 16.6. The van der Waals surface area contributed by atoms with Gasteiger partial charge in [-0.3, -0.25) is 19.8 Å². The number of nitrogens with zero attached hydrogens (tertiary/aromatic N) is 2. The molecule has 0 fully saturated rings. The Balaban J connectivity index is 2.74. The highest BCUT2D eigenvalue weighted by Crippen LogP contribution is 2.21. The van der Waals surface area contributed by atoms with Crippen LogP contribution in [0.1, 0.15) is 18.1 Å². The first kappa shape index (κ1) is 15.1. The van der Waals surface area contributed by atoms with Crippen LogP contribution in [0.3, 0.4) is 0 Å². The van der Waals surface area contributed by atoms with Crippen molar-refractivity contribution in [1.29, 1.82) is 0 Å². The van der Waals surface area contributed by atoms with Crippen molar-refractivity contribution in [2.24, 2.45) is 0 Å². The summed E-state index contributed by atoms with van der Waals surface area (Å²) in [6, 6.07) is 4.95. The monoisotopic (exact) mass is 266 g/mol. The van der Waals surface area contributed by atoms with Gasteiger partial charge in [-0.2, -0.15) is 0 Å². The van der Waals surface area contributed by atoms with E-state index >= 15 is 0 Å². The van der Waals surface area contributed by atoms with E-state index in [0.717, 1.165) is 5.56 Å². The molecule has 6 heteroatoms. The van der Waals surface area contributed by atoms with Crippen LogP contribution in [0, 0.1) is 17.0 Å². The number of benzene rings is 1. The third-order valence-electron chi connectivity index (χ3n) is 2.76. The molecule has 19 heavy (non-hydrogen) atoms. The summed E-state index contributed by atoms with van der Waals surface area (Å²) in [4.78, 5) is 23.5. The minimum atomic E-state index is -0.399. The molecule has 0 saturated carbocycles. The van der Waals surface area contributed by atoms with Crippen molar-refractivity contribution in [3.63, 3.8) is 0 Å². The molecule has 1 aromatic rings. The summed E-state index contributed by atoms with van der Waals surface area (Å²) in [5, 5.41) is 10.8. The lowest BCUT2D eigenvalue weighted by Gasteiger charge is -2.16. The standard InChI is InChI=1S/C13H18N2O4/c1-4-19-13(16)9-14(3)8-11-6-5-7-12(10(11)2)15(17)18/h5-7H,4,8-9H2,1-3H3. The number of nitro benzene ring substituents is 1. The fourth-order valence-electron chi connectivity index (χ4n) is 1.81. The van der Waals surface area contributed by atoms with Gasteiger partial charge in [-0.25, -0.2) is 0 Å². The summed E-state index contributed by atoms with van der Waals surface area (Å²) >= 11 is 0. The van der Waals surface area contributed by atoms with E-state index in [1.807, 2.05) is 6.07 Å². The van der Waals surface area contributed by atoms with Crippen molar-refractivity contribution >= 4 is 11.7 Å². The average molecular weight is 266 g/mol. The topological polar surface area (TPSA) is 72.7 Å². The zero-order valence-electron chi connectivity index (χ0n) is 11.4. The van der Waals surface area contributed by atoms with E-state index in [2.05, 4.69) is 0 Å². The second-order valence-electron chi connectivity index (χ2n) is 4.30. The Kier molecular flexibility index (Phi) is 5.44. The van der Waals surface area contributed by atoms with Crippen LogP contribution in [0.2, 0.25) is 0 Å². The van der Waals surface area contributed by atoms with Crippen molar-refractivity contribution in [1.82, 2.24) is 4.90 Å². The van der Waals surface area contributed by atoms with Gasteiger partial charge in [0, 0.05) is 18.2 Å². The van der Waals surface area contributed by atoms with Gasteiger partial charge in [-0.15, -0.1) is 0 Å². The molecule has 0 heterocycles. The van der Waals surface area contributed by atoms with Gasteiger partial charge in [-0.1, -0.05) is 12.1 Å². The first-order valence-electron chi connectivity index (χ1n) is 6.02. The van der Waals surface area contributed by atoms with Gasteiger partial charge in [-0.05, 0) is 26.5 Å². The SMILES string of the molecule is CCOC(=O)CN(C)Cc1cccc([N+](=O)[O-])c1C. The highest BCUT2D eigenvalue weighted by Gasteiger charge is 2.15. The van der Waals surface area contributed by atoms with Crippen molar-refractivity contribution in [2.45, 2.75) is 20.4 Å². The molecule has 1 aromatic carbocycles. The fraction of sp³-hybridized carbons (Fsp3) is 0.462. The van der Waals surface area contributed by atoms with Gasteiger partial charge in [0.25, 0.3) is 5.69 Å². The molecule has 0 atom stereocenters. The van der Waals surface area contributed by atoms with Gasteiger partial charge in [0.05, 0.1) is 18.1 Å². The second kappa shape index (κ2) is 6.84. The van der Waals surface area contributed by atoms with E-state index < -0.39 is 4.92 Å². The molecule has 0 N–H and O–H groups in total. The Hall–Kier alpha value is -1.95. The van der Waals surface area contributed by atoms with Gasteiger partial charge < -0.3 is 4.74 Å². The molecule has 0 aromatic heterocycles. The first-order valence-corrected chi connectivity index (χ1v) is 6.02. The molecule has 1 rings (SSSR count). The van der Waals surface area contributed by atoms with Crippen molar-refractivity contribution < 1.29 is 14.5 Å². The number of esters is 1. The predicted octanol–water partition coefficient (Wildman–Crippen LogP) is 1.90. The minimum Gasteiger partial charge on any atom is -0.465 e. The average Bonchev–Trinajstić information content (AvgIpc) is 2.31. The lowest BCUT2D eigenvalue weighted by atomic mass is 10.1. The molecule has 0 radical (unpaired) electrons. The number of rotatable bonds is 6. The fourth-order valence-corrected chi connectivity index (χ4v) is 1.81. The molecule has 0 spiro atoms.